The summed E-state index contributed by atoms with van der Waals surface area (Å²) in [4.78, 5) is 4.56. The number of methoxy groups -OCH3 is 1. The first-order valence-electron chi connectivity index (χ1n) is 7.75. The highest BCUT2D eigenvalue weighted by molar-refractivity contribution is 5.92. The van der Waals surface area contributed by atoms with Gasteiger partial charge in [0, 0.05) is 42.3 Å². The Kier molecular flexibility index (Phi) is 4.45. The average molecular weight is 301 g/mol. The maximum atomic E-state index is 9.85. The number of aryl methyl sites for hydroxylation is 1. The highest BCUT2D eigenvalue weighted by Gasteiger charge is 2.24. The monoisotopic (exact) mass is 301 g/mol. The van der Waals surface area contributed by atoms with E-state index in [4.69, 9.17) is 4.74 Å². The second-order valence-electron chi connectivity index (χ2n) is 5.90. The highest BCUT2D eigenvalue weighted by Crippen LogP contribution is 2.27. The Morgan fingerprint density at radius 3 is 2.95 bits per heavy atom. The number of nitrogens with zero attached hydrogens (tertiary/aromatic N) is 1. The van der Waals surface area contributed by atoms with Crippen LogP contribution in [-0.2, 0) is 0 Å². The molecule has 1 saturated heterocycles. The van der Waals surface area contributed by atoms with Gasteiger partial charge in [0.15, 0.2) is 0 Å². The van der Waals surface area contributed by atoms with Crippen LogP contribution in [0.3, 0.4) is 0 Å². The maximum absolute atomic E-state index is 9.85. The van der Waals surface area contributed by atoms with E-state index in [9.17, 15) is 5.11 Å². The number of anilines is 1. The largest absolute Gasteiger partial charge is 0.497 e. The molecule has 5 nitrogen and oxygen atoms in total. The van der Waals surface area contributed by atoms with E-state index in [0.29, 0.717) is 12.5 Å². The number of rotatable bonds is 5. The number of hydrogen-bond donors (Lipinski definition) is 3. The van der Waals surface area contributed by atoms with E-state index in [2.05, 4.69) is 21.7 Å². The van der Waals surface area contributed by atoms with Crippen molar-refractivity contribution >= 4 is 16.6 Å². The van der Waals surface area contributed by atoms with E-state index in [1.54, 1.807) is 7.11 Å². The zero-order chi connectivity index (χ0) is 15.5. The van der Waals surface area contributed by atoms with Gasteiger partial charge in [0.25, 0.3) is 0 Å². The SMILES string of the molecule is COc1ccc2nc(C)cc(NCC[C@@H]3CNC[C@H]3O)c2c1. The summed E-state index contributed by atoms with van der Waals surface area (Å²) in [5.41, 5.74) is 3.02. The molecule has 2 atom stereocenters. The summed E-state index contributed by atoms with van der Waals surface area (Å²) in [6, 6.07) is 7.98. The van der Waals surface area contributed by atoms with Gasteiger partial charge in [-0.25, -0.2) is 0 Å². The lowest BCUT2D eigenvalue weighted by atomic mass is 10.0. The normalized spacial score (nSPS) is 21.2. The van der Waals surface area contributed by atoms with Crippen LogP contribution in [0.25, 0.3) is 10.9 Å². The zero-order valence-electron chi connectivity index (χ0n) is 13.1. The van der Waals surface area contributed by atoms with Crippen LogP contribution >= 0.6 is 0 Å². The number of benzene rings is 1. The predicted molar refractivity (Wildman–Crippen MR) is 88.5 cm³/mol. The number of β-amino-alcohol motifs (C(OH)–C–C–N with tert-alkyl or cyclic N) is 1. The number of pyridine rings is 1. The molecule has 5 heteroatoms. The van der Waals surface area contributed by atoms with Crippen LogP contribution in [0, 0.1) is 12.8 Å². The molecule has 2 aromatic rings. The summed E-state index contributed by atoms with van der Waals surface area (Å²) < 4.78 is 5.31. The molecule has 1 aromatic heterocycles. The number of aromatic nitrogens is 1. The van der Waals surface area contributed by atoms with Crippen LogP contribution in [0.2, 0.25) is 0 Å². The van der Waals surface area contributed by atoms with E-state index < -0.39 is 0 Å². The molecule has 1 fully saturated rings. The van der Waals surface area contributed by atoms with E-state index in [-0.39, 0.29) is 6.10 Å². The molecule has 0 radical (unpaired) electrons. The Morgan fingerprint density at radius 1 is 1.36 bits per heavy atom. The number of hydrogen-bond acceptors (Lipinski definition) is 5. The smallest absolute Gasteiger partial charge is 0.119 e. The van der Waals surface area contributed by atoms with E-state index in [1.165, 1.54) is 0 Å². The lowest BCUT2D eigenvalue weighted by Crippen LogP contribution is -2.20. The standard InChI is InChI=1S/C17H23N3O2/c1-11-7-16(19-6-5-12-9-18-10-17(12)21)14-8-13(22-2)3-4-15(14)20-11/h3-4,7-8,12,17-18,21H,5-6,9-10H2,1-2H3,(H,19,20)/t12-,17-/m1/s1. The molecular formula is C17H23N3O2. The molecule has 1 aliphatic rings. The van der Waals surface area contributed by atoms with Gasteiger partial charge >= 0.3 is 0 Å². The molecule has 0 bridgehead atoms. The maximum Gasteiger partial charge on any atom is 0.119 e. The minimum absolute atomic E-state index is 0.224. The third-order valence-electron chi connectivity index (χ3n) is 4.28. The van der Waals surface area contributed by atoms with Crippen LogP contribution in [0.4, 0.5) is 5.69 Å². The number of aliphatic hydroxyl groups excluding tert-OH is 1. The Balaban J connectivity index is 1.76. The fraction of sp³-hybridized carbons (Fsp3) is 0.471. The summed E-state index contributed by atoms with van der Waals surface area (Å²) in [5.74, 6) is 1.16. The van der Waals surface area contributed by atoms with Crippen LogP contribution in [0.1, 0.15) is 12.1 Å². The quantitative estimate of drug-likeness (QED) is 0.787. The first kappa shape index (κ1) is 15.1. The average Bonchev–Trinajstić information content (AvgIpc) is 2.92. The second kappa shape index (κ2) is 6.50. The van der Waals surface area contributed by atoms with Gasteiger partial charge in [0.05, 0.1) is 18.7 Å². The van der Waals surface area contributed by atoms with Crippen LogP contribution in [0.5, 0.6) is 5.75 Å². The molecule has 0 spiro atoms. The van der Waals surface area contributed by atoms with Crippen molar-refractivity contribution in [2.75, 3.05) is 32.1 Å². The molecule has 118 valence electrons. The van der Waals surface area contributed by atoms with Crippen LogP contribution in [0.15, 0.2) is 24.3 Å². The molecule has 0 saturated carbocycles. The summed E-state index contributed by atoms with van der Waals surface area (Å²) >= 11 is 0. The molecule has 2 heterocycles. The predicted octanol–water partition coefficient (Wildman–Crippen LogP) is 1.93. The van der Waals surface area contributed by atoms with Gasteiger partial charge in [0.2, 0.25) is 0 Å². The summed E-state index contributed by atoms with van der Waals surface area (Å²) in [7, 11) is 1.67. The molecule has 3 N–H and O–H groups in total. The van der Waals surface area contributed by atoms with Gasteiger partial charge in [-0.2, -0.15) is 0 Å². The minimum Gasteiger partial charge on any atom is -0.497 e. The molecule has 0 aliphatic carbocycles. The summed E-state index contributed by atoms with van der Waals surface area (Å²) in [5, 5.41) is 17.6. The Bertz CT molecular complexity index is 660. The molecule has 3 rings (SSSR count). The molecule has 1 aliphatic heterocycles. The fourth-order valence-electron chi connectivity index (χ4n) is 3.02. The first-order valence-corrected chi connectivity index (χ1v) is 7.75. The van der Waals surface area contributed by atoms with Gasteiger partial charge in [0.1, 0.15) is 5.75 Å². The van der Waals surface area contributed by atoms with Crippen molar-refractivity contribution < 1.29 is 9.84 Å². The molecule has 1 aromatic carbocycles. The van der Waals surface area contributed by atoms with Gasteiger partial charge in [-0.3, -0.25) is 4.98 Å². The van der Waals surface area contributed by atoms with Gasteiger partial charge in [-0.15, -0.1) is 0 Å². The summed E-state index contributed by atoms with van der Waals surface area (Å²) in [6.07, 6.45) is 0.721. The topological polar surface area (TPSA) is 66.4 Å². The number of fused-ring (bicyclic) bond motifs is 1. The molecular weight excluding hydrogens is 278 g/mol. The van der Waals surface area contributed by atoms with Crippen molar-refractivity contribution in [2.24, 2.45) is 5.92 Å². The highest BCUT2D eigenvalue weighted by atomic mass is 16.5. The molecule has 0 amide bonds. The van der Waals surface area contributed by atoms with Crippen molar-refractivity contribution in [3.63, 3.8) is 0 Å². The van der Waals surface area contributed by atoms with Crippen molar-refractivity contribution in [1.29, 1.82) is 0 Å². The number of aliphatic hydroxyl groups is 1. The second-order valence-corrected chi connectivity index (χ2v) is 5.90. The first-order chi connectivity index (χ1) is 10.7. The lowest BCUT2D eigenvalue weighted by Gasteiger charge is -2.15. The zero-order valence-corrected chi connectivity index (χ0v) is 13.1. The van der Waals surface area contributed by atoms with Gasteiger partial charge in [-0.1, -0.05) is 0 Å². The van der Waals surface area contributed by atoms with Crippen molar-refractivity contribution in [3.8, 4) is 5.75 Å². The Hall–Kier alpha value is -1.85. The van der Waals surface area contributed by atoms with Crippen molar-refractivity contribution in [2.45, 2.75) is 19.4 Å². The van der Waals surface area contributed by atoms with E-state index in [1.807, 2.05) is 25.1 Å². The molecule has 0 unspecified atom stereocenters. The fourth-order valence-corrected chi connectivity index (χ4v) is 3.02. The molecule has 22 heavy (non-hydrogen) atoms. The van der Waals surface area contributed by atoms with Crippen molar-refractivity contribution in [1.82, 2.24) is 10.3 Å². The van der Waals surface area contributed by atoms with Crippen molar-refractivity contribution in [3.05, 3.63) is 30.0 Å². The van der Waals surface area contributed by atoms with Crippen LogP contribution < -0.4 is 15.4 Å². The Labute approximate surface area is 130 Å². The number of nitrogens with one attached hydrogen (secondary N) is 2. The van der Waals surface area contributed by atoms with Gasteiger partial charge in [-0.05, 0) is 37.6 Å². The lowest BCUT2D eigenvalue weighted by molar-refractivity contribution is 0.145. The van der Waals surface area contributed by atoms with E-state index in [0.717, 1.165) is 47.5 Å². The minimum atomic E-state index is -0.224. The van der Waals surface area contributed by atoms with Crippen LogP contribution in [-0.4, -0.2) is 42.9 Å². The Morgan fingerprint density at radius 2 is 2.23 bits per heavy atom. The van der Waals surface area contributed by atoms with Gasteiger partial charge < -0.3 is 20.5 Å². The number of ether oxygens (including phenoxy) is 1. The summed E-state index contributed by atoms with van der Waals surface area (Å²) in [6.45, 7) is 4.44. The third kappa shape index (κ3) is 3.15. The third-order valence-corrected chi connectivity index (χ3v) is 4.28. The van der Waals surface area contributed by atoms with E-state index >= 15 is 0 Å².